The number of thiazole rings is 1. The maximum absolute atomic E-state index is 12.6. The van der Waals surface area contributed by atoms with Crippen molar-refractivity contribution in [2.45, 2.75) is 26.3 Å². The molecular weight excluding hydrogens is 452 g/mol. The van der Waals surface area contributed by atoms with E-state index in [1.165, 1.54) is 16.0 Å². The monoisotopic (exact) mass is 474 g/mol. The van der Waals surface area contributed by atoms with Crippen LogP contribution in [0, 0.1) is 5.92 Å². The summed E-state index contributed by atoms with van der Waals surface area (Å²) in [4.78, 5) is 28.6. The molecule has 0 saturated heterocycles. The molecule has 9 nitrogen and oxygen atoms in total. The molecule has 2 aromatic heterocycles. The minimum Gasteiger partial charge on any atom is -0.461 e. The number of esters is 1. The Hall–Kier alpha value is -3.92. The molecule has 1 aliphatic rings. The molecule has 34 heavy (non-hydrogen) atoms. The number of carbonyl (C=O) groups is 2. The standard InChI is InChI=1S/C24H22N6O3S/c1-2-33-23(32)20-14-34-24(26-20)25-13-15-7-9-16(10-8-15)18-5-3-4-6-19(18)21-27-28-29-30(21)22(31)17-11-12-17/h3-10,14,17H,2,11-13H2,1H3,(H,25,26). The largest absolute Gasteiger partial charge is 0.461 e. The molecule has 172 valence electrons. The third kappa shape index (κ3) is 4.58. The predicted molar refractivity (Wildman–Crippen MR) is 127 cm³/mol. The second-order valence-corrected chi connectivity index (χ2v) is 8.74. The molecule has 4 aromatic rings. The maximum Gasteiger partial charge on any atom is 0.357 e. The number of hydrogen-bond acceptors (Lipinski definition) is 9. The molecule has 0 atom stereocenters. The highest BCUT2D eigenvalue weighted by Gasteiger charge is 2.33. The molecule has 0 amide bonds. The van der Waals surface area contributed by atoms with Gasteiger partial charge in [0.05, 0.1) is 6.61 Å². The molecule has 2 heterocycles. The van der Waals surface area contributed by atoms with E-state index in [4.69, 9.17) is 4.74 Å². The topological polar surface area (TPSA) is 112 Å². The Balaban J connectivity index is 1.32. The predicted octanol–water partition coefficient (Wildman–Crippen LogP) is 4.30. The zero-order chi connectivity index (χ0) is 23.5. The average Bonchev–Trinajstić information content (AvgIpc) is 3.40. The van der Waals surface area contributed by atoms with Crippen LogP contribution in [0.5, 0.6) is 0 Å². The Morgan fingerprint density at radius 1 is 1.12 bits per heavy atom. The van der Waals surface area contributed by atoms with Crippen LogP contribution >= 0.6 is 11.3 Å². The molecule has 0 unspecified atom stereocenters. The molecule has 2 aromatic carbocycles. The molecule has 1 saturated carbocycles. The fraction of sp³-hybridized carbons (Fsp3) is 0.250. The van der Waals surface area contributed by atoms with E-state index in [1.807, 2.05) is 48.5 Å². The first kappa shape index (κ1) is 21.9. The highest BCUT2D eigenvalue weighted by Crippen LogP contribution is 2.34. The Bertz CT molecular complexity index is 1330. The lowest BCUT2D eigenvalue weighted by molar-refractivity contribution is 0.0520. The van der Waals surface area contributed by atoms with Crippen LogP contribution in [0.2, 0.25) is 0 Å². The summed E-state index contributed by atoms with van der Waals surface area (Å²) < 4.78 is 6.30. The van der Waals surface area contributed by atoms with Gasteiger partial charge in [0.25, 0.3) is 5.91 Å². The quantitative estimate of drug-likeness (QED) is 0.297. The summed E-state index contributed by atoms with van der Waals surface area (Å²) in [6.07, 6.45) is 1.78. The van der Waals surface area contributed by atoms with E-state index in [1.54, 1.807) is 12.3 Å². The zero-order valence-corrected chi connectivity index (χ0v) is 19.3. The van der Waals surface area contributed by atoms with Gasteiger partial charge in [0, 0.05) is 23.4 Å². The third-order valence-corrected chi connectivity index (χ3v) is 6.27. The minimum atomic E-state index is -0.417. The fourth-order valence-corrected chi connectivity index (χ4v) is 4.25. The van der Waals surface area contributed by atoms with Crippen LogP contribution in [0.1, 0.15) is 40.6 Å². The highest BCUT2D eigenvalue weighted by atomic mass is 32.1. The van der Waals surface area contributed by atoms with Crippen molar-refractivity contribution in [1.29, 1.82) is 0 Å². The lowest BCUT2D eigenvalue weighted by Gasteiger charge is -2.10. The van der Waals surface area contributed by atoms with E-state index in [0.717, 1.165) is 35.1 Å². The number of rotatable bonds is 8. The van der Waals surface area contributed by atoms with E-state index in [2.05, 4.69) is 25.8 Å². The summed E-state index contributed by atoms with van der Waals surface area (Å²) >= 11 is 1.36. The van der Waals surface area contributed by atoms with Gasteiger partial charge in [-0.2, -0.15) is 4.68 Å². The van der Waals surface area contributed by atoms with Crippen molar-refractivity contribution in [3.05, 3.63) is 65.2 Å². The van der Waals surface area contributed by atoms with Crippen molar-refractivity contribution in [3.8, 4) is 22.5 Å². The summed E-state index contributed by atoms with van der Waals surface area (Å²) in [7, 11) is 0. The number of nitrogens with one attached hydrogen (secondary N) is 1. The maximum atomic E-state index is 12.6. The highest BCUT2D eigenvalue weighted by molar-refractivity contribution is 7.13. The summed E-state index contributed by atoms with van der Waals surface area (Å²) in [5, 5.41) is 17.4. The fourth-order valence-electron chi connectivity index (χ4n) is 3.57. The number of benzene rings is 2. The van der Waals surface area contributed by atoms with E-state index >= 15 is 0 Å². The molecule has 1 aliphatic carbocycles. The van der Waals surface area contributed by atoms with E-state index in [-0.39, 0.29) is 11.8 Å². The van der Waals surface area contributed by atoms with Gasteiger partial charge in [0.1, 0.15) is 0 Å². The van der Waals surface area contributed by atoms with Crippen molar-refractivity contribution in [2.75, 3.05) is 11.9 Å². The lowest BCUT2D eigenvalue weighted by atomic mass is 9.98. The summed E-state index contributed by atoms with van der Waals surface area (Å²) in [6, 6.07) is 15.9. The van der Waals surface area contributed by atoms with Crippen molar-refractivity contribution >= 4 is 28.3 Å². The van der Waals surface area contributed by atoms with Crippen LogP contribution in [0.15, 0.2) is 53.9 Å². The second kappa shape index (κ2) is 9.52. The van der Waals surface area contributed by atoms with Crippen molar-refractivity contribution < 1.29 is 14.3 Å². The molecule has 5 rings (SSSR count). The van der Waals surface area contributed by atoms with Crippen LogP contribution in [-0.2, 0) is 11.3 Å². The van der Waals surface area contributed by atoms with Gasteiger partial charge in [-0.1, -0.05) is 48.5 Å². The molecular formula is C24H22N6O3S. The van der Waals surface area contributed by atoms with Crippen LogP contribution in [0.25, 0.3) is 22.5 Å². The van der Waals surface area contributed by atoms with Gasteiger partial charge in [0.2, 0.25) is 0 Å². The van der Waals surface area contributed by atoms with Crippen molar-refractivity contribution in [2.24, 2.45) is 5.92 Å². The van der Waals surface area contributed by atoms with Crippen LogP contribution in [0.3, 0.4) is 0 Å². The van der Waals surface area contributed by atoms with Crippen LogP contribution < -0.4 is 5.32 Å². The van der Waals surface area contributed by atoms with Gasteiger partial charge < -0.3 is 10.1 Å². The minimum absolute atomic E-state index is 0.0207. The lowest BCUT2D eigenvalue weighted by Crippen LogP contribution is -2.16. The Labute approximate surface area is 199 Å². The molecule has 1 fully saturated rings. The van der Waals surface area contributed by atoms with Gasteiger partial charge >= 0.3 is 5.97 Å². The van der Waals surface area contributed by atoms with Gasteiger partial charge in [-0.3, -0.25) is 4.79 Å². The summed E-state index contributed by atoms with van der Waals surface area (Å²) in [5.74, 6) is 0.0102. The summed E-state index contributed by atoms with van der Waals surface area (Å²) in [5.41, 5.74) is 4.11. The van der Waals surface area contributed by atoms with Gasteiger partial charge in [-0.25, -0.2) is 9.78 Å². The number of nitrogens with zero attached hydrogens (tertiary/aromatic N) is 5. The number of tetrazole rings is 1. The van der Waals surface area contributed by atoms with Crippen LogP contribution in [0.4, 0.5) is 5.13 Å². The zero-order valence-electron chi connectivity index (χ0n) is 18.5. The molecule has 0 radical (unpaired) electrons. The second-order valence-electron chi connectivity index (χ2n) is 7.88. The molecule has 10 heteroatoms. The first-order valence-electron chi connectivity index (χ1n) is 11.0. The van der Waals surface area contributed by atoms with Gasteiger partial charge in [-0.15, -0.1) is 16.4 Å². The SMILES string of the molecule is CCOC(=O)c1csc(NCc2ccc(-c3ccccc3-c3nnnn3C(=O)C3CC3)cc2)n1. The first-order chi connectivity index (χ1) is 16.6. The first-order valence-corrected chi connectivity index (χ1v) is 11.9. The number of anilines is 1. The average molecular weight is 475 g/mol. The van der Waals surface area contributed by atoms with E-state index in [0.29, 0.717) is 29.8 Å². The molecule has 0 bridgehead atoms. The van der Waals surface area contributed by atoms with E-state index < -0.39 is 5.97 Å². The Morgan fingerprint density at radius 2 is 1.88 bits per heavy atom. The van der Waals surface area contributed by atoms with Crippen molar-refractivity contribution in [1.82, 2.24) is 25.2 Å². The number of carbonyl (C=O) groups excluding carboxylic acids is 2. The smallest absolute Gasteiger partial charge is 0.357 e. The molecule has 0 aliphatic heterocycles. The van der Waals surface area contributed by atoms with Gasteiger partial charge in [0.15, 0.2) is 16.6 Å². The number of aromatic nitrogens is 5. The summed E-state index contributed by atoms with van der Waals surface area (Å²) in [6.45, 7) is 2.65. The molecule has 0 spiro atoms. The number of hydrogen-bond donors (Lipinski definition) is 1. The number of ether oxygens (including phenoxy) is 1. The van der Waals surface area contributed by atoms with E-state index in [9.17, 15) is 9.59 Å². The normalized spacial score (nSPS) is 13.0. The third-order valence-electron chi connectivity index (χ3n) is 5.47. The van der Waals surface area contributed by atoms with Crippen molar-refractivity contribution in [3.63, 3.8) is 0 Å². The van der Waals surface area contributed by atoms with Gasteiger partial charge in [-0.05, 0) is 46.9 Å². The van der Waals surface area contributed by atoms with Crippen LogP contribution in [-0.4, -0.2) is 43.7 Å². The molecule has 1 N–H and O–H groups in total. The Kier molecular flexibility index (Phi) is 6.13. The Morgan fingerprint density at radius 3 is 2.62 bits per heavy atom.